The summed E-state index contributed by atoms with van der Waals surface area (Å²) in [5.74, 6) is 1.29. The number of aromatic nitrogens is 2. The summed E-state index contributed by atoms with van der Waals surface area (Å²) in [6.45, 7) is 7.80. The molecule has 3 saturated heterocycles. The second-order valence-corrected chi connectivity index (χ2v) is 7.41. The number of fused-ring (bicyclic) bond motifs is 1. The third kappa shape index (κ3) is 3.40. The Labute approximate surface area is 147 Å². The number of carbonyl (C=O) groups excluding carboxylic acids is 2. The molecule has 136 valence electrons. The van der Waals surface area contributed by atoms with Gasteiger partial charge in [0.25, 0.3) is 0 Å². The molecule has 1 aromatic rings. The summed E-state index contributed by atoms with van der Waals surface area (Å²) in [6.07, 6.45) is 2.67. The number of amides is 2. The van der Waals surface area contributed by atoms with Crippen LogP contribution in [0, 0.1) is 18.8 Å². The Bertz CT molecular complexity index is 654. The van der Waals surface area contributed by atoms with Crippen LogP contribution in [0.2, 0.25) is 0 Å². The van der Waals surface area contributed by atoms with Gasteiger partial charge in [-0.25, -0.2) is 0 Å². The van der Waals surface area contributed by atoms with Crippen LogP contribution in [0.3, 0.4) is 0 Å². The maximum atomic E-state index is 12.7. The van der Waals surface area contributed by atoms with Crippen LogP contribution in [0.1, 0.15) is 24.6 Å². The molecule has 1 aromatic heterocycles. The van der Waals surface area contributed by atoms with Crippen molar-refractivity contribution in [1.29, 1.82) is 0 Å². The Morgan fingerprint density at radius 2 is 2.00 bits per heavy atom. The molecule has 0 aliphatic carbocycles. The molecule has 0 radical (unpaired) electrons. The third-order valence-electron chi connectivity index (χ3n) is 5.63. The average Bonchev–Trinajstić information content (AvgIpc) is 3.33. The Kier molecular flexibility index (Phi) is 4.45. The van der Waals surface area contributed by atoms with Gasteiger partial charge in [-0.1, -0.05) is 5.16 Å². The molecule has 25 heavy (non-hydrogen) atoms. The first-order chi connectivity index (χ1) is 12.1. The molecule has 3 aliphatic rings. The van der Waals surface area contributed by atoms with E-state index in [4.69, 9.17) is 4.52 Å². The Hall–Kier alpha value is -1.96. The molecule has 0 saturated carbocycles. The number of carbonyl (C=O) groups is 2. The number of nitrogens with zero attached hydrogens (tertiary/aromatic N) is 5. The lowest BCUT2D eigenvalue weighted by atomic mass is 10.0. The topological polar surface area (TPSA) is 82.8 Å². The molecule has 0 spiro atoms. The lowest BCUT2D eigenvalue weighted by Gasteiger charge is -2.24. The summed E-state index contributed by atoms with van der Waals surface area (Å²) < 4.78 is 5.02. The smallest absolute Gasteiger partial charge is 0.236 e. The maximum absolute atomic E-state index is 12.7. The summed E-state index contributed by atoms with van der Waals surface area (Å²) in [5.41, 5.74) is 0. The molecule has 2 amide bonds. The van der Waals surface area contributed by atoms with Crippen molar-refractivity contribution in [1.82, 2.24) is 24.8 Å². The van der Waals surface area contributed by atoms with Crippen molar-refractivity contribution in [3.8, 4) is 0 Å². The monoisotopic (exact) mass is 347 g/mol. The molecule has 4 heterocycles. The van der Waals surface area contributed by atoms with Crippen LogP contribution < -0.4 is 0 Å². The molecular formula is C17H25N5O3. The minimum absolute atomic E-state index is 0.0329. The fraction of sp³-hybridized carbons (Fsp3) is 0.765. The lowest BCUT2D eigenvalue weighted by molar-refractivity contribution is -0.133. The van der Waals surface area contributed by atoms with E-state index in [1.165, 1.54) is 12.8 Å². The first-order valence-corrected chi connectivity index (χ1v) is 9.18. The van der Waals surface area contributed by atoms with Gasteiger partial charge in [-0.2, -0.15) is 4.98 Å². The highest BCUT2D eigenvalue weighted by Gasteiger charge is 2.47. The van der Waals surface area contributed by atoms with Gasteiger partial charge in [0.05, 0.1) is 5.92 Å². The minimum atomic E-state index is -0.0352. The molecule has 3 fully saturated rings. The van der Waals surface area contributed by atoms with Crippen molar-refractivity contribution >= 4 is 11.8 Å². The van der Waals surface area contributed by atoms with Crippen molar-refractivity contribution in [2.45, 2.75) is 26.2 Å². The third-order valence-corrected chi connectivity index (χ3v) is 5.63. The fourth-order valence-electron chi connectivity index (χ4n) is 4.27. The zero-order valence-electron chi connectivity index (χ0n) is 14.7. The van der Waals surface area contributed by atoms with E-state index in [9.17, 15) is 9.59 Å². The second-order valence-electron chi connectivity index (χ2n) is 7.41. The van der Waals surface area contributed by atoms with Crippen molar-refractivity contribution in [3.63, 3.8) is 0 Å². The molecule has 0 unspecified atom stereocenters. The van der Waals surface area contributed by atoms with Crippen LogP contribution in [-0.4, -0.2) is 82.5 Å². The van der Waals surface area contributed by atoms with Crippen molar-refractivity contribution in [2.75, 3.05) is 45.8 Å². The van der Waals surface area contributed by atoms with Crippen LogP contribution in [0.25, 0.3) is 0 Å². The Morgan fingerprint density at radius 1 is 1.20 bits per heavy atom. The van der Waals surface area contributed by atoms with Crippen molar-refractivity contribution in [3.05, 3.63) is 11.7 Å². The van der Waals surface area contributed by atoms with Crippen LogP contribution >= 0.6 is 0 Å². The van der Waals surface area contributed by atoms with E-state index < -0.39 is 0 Å². The van der Waals surface area contributed by atoms with Crippen molar-refractivity contribution in [2.24, 2.45) is 11.8 Å². The maximum Gasteiger partial charge on any atom is 0.236 e. The molecule has 2 atom stereocenters. The van der Waals surface area contributed by atoms with Crippen LogP contribution in [0.5, 0.6) is 0 Å². The molecule has 0 aromatic carbocycles. The predicted octanol–water partition coefficient (Wildman–Crippen LogP) is -0.0669. The van der Waals surface area contributed by atoms with E-state index in [0.717, 1.165) is 32.7 Å². The molecule has 3 aliphatic heterocycles. The van der Waals surface area contributed by atoms with Gasteiger partial charge < -0.3 is 19.2 Å². The number of rotatable bonds is 5. The highest BCUT2D eigenvalue weighted by atomic mass is 16.5. The van der Waals surface area contributed by atoms with Gasteiger partial charge in [0.2, 0.25) is 17.7 Å². The van der Waals surface area contributed by atoms with Gasteiger partial charge in [-0.15, -0.1) is 0 Å². The van der Waals surface area contributed by atoms with Crippen LogP contribution in [0.4, 0.5) is 0 Å². The van der Waals surface area contributed by atoms with Crippen LogP contribution in [0.15, 0.2) is 4.52 Å². The first-order valence-electron chi connectivity index (χ1n) is 9.18. The van der Waals surface area contributed by atoms with Gasteiger partial charge in [0.1, 0.15) is 6.42 Å². The van der Waals surface area contributed by atoms with Gasteiger partial charge in [-0.05, 0) is 32.9 Å². The van der Waals surface area contributed by atoms with Crippen molar-refractivity contribution < 1.29 is 14.1 Å². The number of aryl methyl sites for hydroxylation is 1. The average molecular weight is 347 g/mol. The number of hydrogen-bond donors (Lipinski definition) is 0. The molecule has 8 nitrogen and oxygen atoms in total. The van der Waals surface area contributed by atoms with Crippen LogP contribution in [-0.2, 0) is 16.0 Å². The highest BCUT2D eigenvalue weighted by Crippen LogP contribution is 2.32. The molecular weight excluding hydrogens is 322 g/mol. The summed E-state index contributed by atoms with van der Waals surface area (Å²) in [5, 5.41) is 3.71. The quantitative estimate of drug-likeness (QED) is 0.742. The SMILES string of the molecule is Cc1noc(CC(=O)N2C[C@H]3CN(CCN4CCCC4)C(=O)[C@H]3C2)n1. The molecule has 4 rings (SSSR count). The number of hydrogen-bond acceptors (Lipinski definition) is 6. The normalized spacial score (nSPS) is 26.7. The van der Waals surface area contributed by atoms with Gasteiger partial charge >= 0.3 is 0 Å². The van der Waals surface area contributed by atoms with Gasteiger partial charge in [0.15, 0.2) is 5.82 Å². The van der Waals surface area contributed by atoms with E-state index in [2.05, 4.69) is 15.0 Å². The molecule has 0 N–H and O–H groups in total. The number of likely N-dealkylation sites (tertiary alicyclic amines) is 3. The van der Waals surface area contributed by atoms with E-state index in [1.54, 1.807) is 11.8 Å². The zero-order valence-corrected chi connectivity index (χ0v) is 14.7. The van der Waals surface area contributed by atoms with Gasteiger partial charge in [-0.3, -0.25) is 9.59 Å². The second kappa shape index (κ2) is 6.74. The zero-order chi connectivity index (χ0) is 17.4. The highest BCUT2D eigenvalue weighted by molar-refractivity contribution is 5.85. The van der Waals surface area contributed by atoms with Gasteiger partial charge in [0, 0.05) is 38.6 Å². The van der Waals surface area contributed by atoms with E-state index in [-0.39, 0.29) is 30.1 Å². The van der Waals surface area contributed by atoms with E-state index in [1.807, 2.05) is 4.90 Å². The largest absolute Gasteiger partial charge is 0.341 e. The Morgan fingerprint density at radius 3 is 2.68 bits per heavy atom. The molecule has 8 heteroatoms. The van der Waals surface area contributed by atoms with E-state index in [0.29, 0.717) is 24.8 Å². The fourth-order valence-corrected chi connectivity index (χ4v) is 4.27. The summed E-state index contributed by atoms with van der Waals surface area (Å²) in [4.78, 5) is 35.4. The summed E-state index contributed by atoms with van der Waals surface area (Å²) >= 11 is 0. The Balaban J connectivity index is 1.28. The minimum Gasteiger partial charge on any atom is -0.341 e. The first kappa shape index (κ1) is 16.5. The predicted molar refractivity (Wildman–Crippen MR) is 88.6 cm³/mol. The standard InChI is InChI=1S/C17H25N5O3/c1-12-18-15(25-19-12)8-16(23)22-10-13-9-21(17(24)14(13)11-22)7-6-20-4-2-3-5-20/h13-14H,2-11H2,1H3/t13-,14+/m1/s1. The van der Waals surface area contributed by atoms with E-state index >= 15 is 0 Å². The molecule has 0 bridgehead atoms. The lowest BCUT2D eigenvalue weighted by Crippen LogP contribution is -2.39. The summed E-state index contributed by atoms with van der Waals surface area (Å²) in [7, 11) is 0. The summed E-state index contributed by atoms with van der Waals surface area (Å²) in [6, 6.07) is 0.